The van der Waals surface area contributed by atoms with Crippen LogP contribution in [0.1, 0.15) is 34.1 Å². The van der Waals surface area contributed by atoms with Crippen molar-refractivity contribution in [2.45, 2.75) is 45.6 Å². The lowest BCUT2D eigenvalue weighted by Crippen LogP contribution is -2.12. The second-order valence-electron chi connectivity index (χ2n) is 3.36. The van der Waals surface area contributed by atoms with Crippen LogP contribution < -0.4 is 0 Å². The van der Waals surface area contributed by atoms with Crippen molar-refractivity contribution in [2.75, 3.05) is 6.61 Å². The van der Waals surface area contributed by atoms with Crippen molar-refractivity contribution in [3.8, 4) is 0 Å². The number of alkyl halides is 1. The Bertz CT molecular complexity index is 91.6. The molecule has 0 aromatic heterocycles. The van der Waals surface area contributed by atoms with Crippen molar-refractivity contribution >= 4 is 11.6 Å². The highest BCUT2D eigenvalue weighted by Gasteiger charge is 2.08. The van der Waals surface area contributed by atoms with Crippen LogP contribution in [-0.2, 0) is 4.74 Å². The SMILES string of the molecule is CC(C)OCCC(C)C(C)Cl. The average molecular weight is 179 g/mol. The molecule has 0 aliphatic rings. The molecule has 2 unspecified atom stereocenters. The van der Waals surface area contributed by atoms with Crippen LogP contribution >= 0.6 is 11.6 Å². The molecule has 0 fully saturated rings. The minimum atomic E-state index is 0.255. The molecule has 0 bridgehead atoms. The fourth-order valence-electron chi connectivity index (χ4n) is 0.719. The number of rotatable bonds is 5. The zero-order valence-corrected chi connectivity index (χ0v) is 8.69. The highest BCUT2D eigenvalue weighted by molar-refractivity contribution is 6.20. The Labute approximate surface area is 75.1 Å². The molecule has 0 heterocycles. The quantitative estimate of drug-likeness (QED) is 0.588. The molecular formula is C9H19ClO. The standard InChI is InChI=1S/C9H19ClO/c1-7(2)11-6-5-8(3)9(4)10/h7-9H,5-6H2,1-4H3. The molecule has 0 aromatic rings. The van der Waals surface area contributed by atoms with Crippen molar-refractivity contribution in [3.05, 3.63) is 0 Å². The number of ether oxygens (including phenoxy) is 1. The summed E-state index contributed by atoms with van der Waals surface area (Å²) in [6.45, 7) is 9.11. The minimum absolute atomic E-state index is 0.255. The van der Waals surface area contributed by atoms with E-state index in [0.29, 0.717) is 12.0 Å². The third-order valence-corrected chi connectivity index (χ3v) is 2.24. The van der Waals surface area contributed by atoms with Crippen LogP contribution in [0, 0.1) is 5.92 Å². The lowest BCUT2D eigenvalue weighted by molar-refractivity contribution is 0.0697. The van der Waals surface area contributed by atoms with E-state index in [1.54, 1.807) is 0 Å². The van der Waals surface area contributed by atoms with Gasteiger partial charge in [-0.05, 0) is 33.1 Å². The van der Waals surface area contributed by atoms with E-state index in [1.165, 1.54) is 0 Å². The van der Waals surface area contributed by atoms with Gasteiger partial charge >= 0.3 is 0 Å². The first-order valence-corrected chi connectivity index (χ1v) is 4.73. The Morgan fingerprint density at radius 2 is 1.73 bits per heavy atom. The smallest absolute Gasteiger partial charge is 0.0518 e. The van der Waals surface area contributed by atoms with Crippen LogP contribution in [-0.4, -0.2) is 18.1 Å². The van der Waals surface area contributed by atoms with Crippen molar-refractivity contribution in [1.82, 2.24) is 0 Å². The molecule has 1 nitrogen and oxygen atoms in total. The van der Waals surface area contributed by atoms with Gasteiger partial charge in [-0.2, -0.15) is 0 Å². The normalized spacial score (nSPS) is 16.9. The first-order valence-electron chi connectivity index (χ1n) is 4.29. The van der Waals surface area contributed by atoms with Gasteiger partial charge in [-0.3, -0.25) is 0 Å². The molecule has 0 rings (SSSR count). The van der Waals surface area contributed by atoms with E-state index in [4.69, 9.17) is 16.3 Å². The molecule has 11 heavy (non-hydrogen) atoms. The second kappa shape index (κ2) is 5.84. The van der Waals surface area contributed by atoms with E-state index in [9.17, 15) is 0 Å². The summed E-state index contributed by atoms with van der Waals surface area (Å²) >= 11 is 5.89. The van der Waals surface area contributed by atoms with E-state index in [0.717, 1.165) is 13.0 Å². The highest BCUT2D eigenvalue weighted by Crippen LogP contribution is 2.13. The summed E-state index contributed by atoms with van der Waals surface area (Å²) in [6, 6.07) is 0. The zero-order chi connectivity index (χ0) is 8.85. The predicted molar refractivity (Wildman–Crippen MR) is 50.2 cm³/mol. The summed E-state index contributed by atoms with van der Waals surface area (Å²) in [6.07, 6.45) is 1.40. The van der Waals surface area contributed by atoms with E-state index in [-0.39, 0.29) is 5.38 Å². The Hall–Kier alpha value is 0.250. The van der Waals surface area contributed by atoms with Gasteiger partial charge in [-0.1, -0.05) is 6.92 Å². The van der Waals surface area contributed by atoms with E-state index in [1.807, 2.05) is 6.92 Å². The summed E-state index contributed by atoms with van der Waals surface area (Å²) < 4.78 is 5.40. The largest absolute Gasteiger partial charge is 0.379 e. The lowest BCUT2D eigenvalue weighted by atomic mass is 10.1. The maximum Gasteiger partial charge on any atom is 0.0518 e. The molecule has 68 valence electrons. The lowest BCUT2D eigenvalue weighted by Gasteiger charge is -2.14. The Morgan fingerprint density at radius 1 is 1.18 bits per heavy atom. The van der Waals surface area contributed by atoms with E-state index in [2.05, 4.69) is 20.8 Å². The molecule has 0 aromatic carbocycles. The average Bonchev–Trinajstić information content (AvgIpc) is 1.86. The molecular weight excluding hydrogens is 160 g/mol. The maximum absolute atomic E-state index is 5.89. The first kappa shape index (κ1) is 11.2. The van der Waals surface area contributed by atoms with Crippen molar-refractivity contribution < 1.29 is 4.74 Å². The van der Waals surface area contributed by atoms with E-state index >= 15 is 0 Å². The topological polar surface area (TPSA) is 9.23 Å². The fraction of sp³-hybridized carbons (Fsp3) is 1.00. The van der Waals surface area contributed by atoms with Gasteiger partial charge in [0, 0.05) is 12.0 Å². The van der Waals surface area contributed by atoms with Gasteiger partial charge in [0.25, 0.3) is 0 Å². The zero-order valence-electron chi connectivity index (χ0n) is 7.93. The van der Waals surface area contributed by atoms with Crippen molar-refractivity contribution in [1.29, 1.82) is 0 Å². The summed E-state index contributed by atoms with van der Waals surface area (Å²) in [5.41, 5.74) is 0. The third-order valence-electron chi connectivity index (χ3n) is 1.81. The fourth-order valence-corrected chi connectivity index (χ4v) is 0.845. The highest BCUT2D eigenvalue weighted by atomic mass is 35.5. The monoisotopic (exact) mass is 178 g/mol. The van der Waals surface area contributed by atoms with Crippen LogP contribution in [0.3, 0.4) is 0 Å². The molecule has 2 atom stereocenters. The molecule has 0 saturated carbocycles. The van der Waals surface area contributed by atoms with Crippen LogP contribution in [0.25, 0.3) is 0 Å². The molecule has 2 heteroatoms. The van der Waals surface area contributed by atoms with Gasteiger partial charge in [-0.25, -0.2) is 0 Å². The maximum atomic E-state index is 5.89. The van der Waals surface area contributed by atoms with Crippen molar-refractivity contribution in [2.24, 2.45) is 5.92 Å². The van der Waals surface area contributed by atoms with Crippen LogP contribution in [0.2, 0.25) is 0 Å². The van der Waals surface area contributed by atoms with Crippen molar-refractivity contribution in [3.63, 3.8) is 0 Å². The van der Waals surface area contributed by atoms with Crippen LogP contribution in [0.4, 0.5) is 0 Å². The Kier molecular flexibility index (Phi) is 5.98. The number of halogens is 1. The van der Waals surface area contributed by atoms with Gasteiger partial charge in [0.1, 0.15) is 0 Å². The van der Waals surface area contributed by atoms with Crippen LogP contribution in [0.5, 0.6) is 0 Å². The molecule has 0 saturated heterocycles. The Balaban J connectivity index is 3.24. The Morgan fingerprint density at radius 3 is 2.09 bits per heavy atom. The van der Waals surface area contributed by atoms with Gasteiger partial charge in [-0.15, -0.1) is 11.6 Å². The number of hydrogen-bond donors (Lipinski definition) is 0. The third kappa shape index (κ3) is 6.64. The summed E-state index contributed by atoms with van der Waals surface area (Å²) in [4.78, 5) is 0. The first-order chi connectivity index (χ1) is 5.04. The summed E-state index contributed by atoms with van der Waals surface area (Å²) in [5, 5.41) is 0.255. The molecule has 0 aliphatic heterocycles. The van der Waals surface area contributed by atoms with Gasteiger partial charge in [0.05, 0.1) is 6.10 Å². The molecule has 0 aliphatic carbocycles. The molecule has 0 radical (unpaired) electrons. The molecule has 0 amide bonds. The predicted octanol–water partition coefficient (Wildman–Crippen LogP) is 3.06. The second-order valence-corrected chi connectivity index (χ2v) is 4.05. The summed E-state index contributed by atoms with van der Waals surface area (Å²) in [7, 11) is 0. The summed E-state index contributed by atoms with van der Waals surface area (Å²) in [5.74, 6) is 0.551. The van der Waals surface area contributed by atoms with E-state index < -0.39 is 0 Å². The number of hydrogen-bond acceptors (Lipinski definition) is 1. The van der Waals surface area contributed by atoms with Gasteiger partial charge in [0.2, 0.25) is 0 Å². The van der Waals surface area contributed by atoms with Crippen LogP contribution in [0.15, 0.2) is 0 Å². The van der Waals surface area contributed by atoms with Gasteiger partial charge < -0.3 is 4.74 Å². The molecule has 0 N–H and O–H groups in total. The minimum Gasteiger partial charge on any atom is -0.379 e. The molecule has 0 spiro atoms. The van der Waals surface area contributed by atoms with Gasteiger partial charge in [0.15, 0.2) is 0 Å².